The van der Waals surface area contributed by atoms with E-state index in [-0.39, 0.29) is 18.1 Å². The molecule has 0 fully saturated rings. The summed E-state index contributed by atoms with van der Waals surface area (Å²) in [6.45, 7) is 10.5. The van der Waals surface area contributed by atoms with Crippen LogP contribution in [0.4, 0.5) is 4.79 Å². The van der Waals surface area contributed by atoms with Crippen LogP contribution in [0.3, 0.4) is 0 Å². The van der Waals surface area contributed by atoms with Crippen molar-refractivity contribution in [2.75, 3.05) is 6.61 Å². The molecule has 0 aliphatic carbocycles. The van der Waals surface area contributed by atoms with Crippen molar-refractivity contribution in [2.45, 2.75) is 64.9 Å². The van der Waals surface area contributed by atoms with Crippen LogP contribution in [-0.2, 0) is 9.47 Å². The number of ether oxygens (including phenoxy) is 3. The zero-order chi connectivity index (χ0) is 19.7. The Labute approximate surface area is 152 Å². The number of aliphatic hydroxyl groups is 1. The summed E-state index contributed by atoms with van der Waals surface area (Å²) in [5.74, 6) is -0.312. The Bertz CT molecular complexity index is 695. The second-order valence-electron chi connectivity index (χ2n) is 7.61. The number of aromatic nitrogens is 1. The number of fused-ring (bicyclic) bond motifs is 1. The molecule has 2 heterocycles. The van der Waals surface area contributed by atoms with Crippen LogP contribution < -0.4 is 10.1 Å². The van der Waals surface area contributed by atoms with Crippen LogP contribution in [0, 0.1) is 0 Å². The molecule has 8 heteroatoms. The van der Waals surface area contributed by atoms with Gasteiger partial charge in [0.2, 0.25) is 5.88 Å². The number of hydrogen-bond donors (Lipinski definition) is 2. The fourth-order valence-electron chi connectivity index (χ4n) is 2.58. The van der Waals surface area contributed by atoms with E-state index in [0.29, 0.717) is 5.56 Å². The van der Waals surface area contributed by atoms with Crippen molar-refractivity contribution in [3.8, 4) is 5.88 Å². The van der Waals surface area contributed by atoms with Crippen molar-refractivity contribution < 1.29 is 28.9 Å². The van der Waals surface area contributed by atoms with Gasteiger partial charge in [0.25, 0.3) is 0 Å². The van der Waals surface area contributed by atoms with Gasteiger partial charge in [0.15, 0.2) is 0 Å². The maximum absolute atomic E-state index is 12.2. The predicted octanol–water partition coefficient (Wildman–Crippen LogP) is 2.36. The van der Waals surface area contributed by atoms with Gasteiger partial charge in [-0.2, -0.15) is 0 Å². The summed E-state index contributed by atoms with van der Waals surface area (Å²) in [5, 5.41) is 13.3. The molecule has 1 aliphatic rings. The predicted molar refractivity (Wildman–Crippen MR) is 93.0 cm³/mol. The molecule has 0 radical (unpaired) electrons. The van der Waals surface area contributed by atoms with E-state index >= 15 is 0 Å². The molecule has 2 rings (SSSR count). The summed E-state index contributed by atoms with van der Waals surface area (Å²) < 4.78 is 16.0. The van der Waals surface area contributed by atoms with Gasteiger partial charge in [-0.1, -0.05) is 0 Å². The molecule has 1 aliphatic heterocycles. The Morgan fingerprint density at radius 2 is 2.04 bits per heavy atom. The summed E-state index contributed by atoms with van der Waals surface area (Å²) in [5.41, 5.74) is -1.10. The van der Waals surface area contributed by atoms with Crippen molar-refractivity contribution in [3.63, 3.8) is 0 Å². The average molecular weight is 366 g/mol. The molecule has 0 saturated carbocycles. The van der Waals surface area contributed by atoms with E-state index in [9.17, 15) is 14.7 Å². The highest BCUT2D eigenvalue weighted by atomic mass is 16.6. The number of pyridine rings is 1. The average Bonchev–Trinajstić information content (AvgIpc) is 2.49. The summed E-state index contributed by atoms with van der Waals surface area (Å²) >= 11 is 0. The van der Waals surface area contributed by atoms with Crippen molar-refractivity contribution in [1.29, 1.82) is 0 Å². The third kappa shape index (κ3) is 4.43. The zero-order valence-electron chi connectivity index (χ0n) is 16.0. The Kier molecular flexibility index (Phi) is 5.46. The number of esters is 1. The first-order valence-electron chi connectivity index (χ1n) is 8.48. The Hall–Kier alpha value is -2.35. The molecule has 0 spiro atoms. The minimum atomic E-state index is -1.08. The van der Waals surface area contributed by atoms with Crippen LogP contribution in [-0.4, -0.2) is 46.1 Å². The Morgan fingerprint density at radius 1 is 1.38 bits per heavy atom. The lowest BCUT2D eigenvalue weighted by Gasteiger charge is -2.41. The van der Waals surface area contributed by atoms with Crippen LogP contribution in [0.15, 0.2) is 12.3 Å². The second kappa shape index (κ2) is 7.11. The maximum Gasteiger partial charge on any atom is 0.408 e. The van der Waals surface area contributed by atoms with Gasteiger partial charge >= 0.3 is 12.1 Å². The molecular formula is C18H26N2O6. The highest BCUT2D eigenvalue weighted by Crippen LogP contribution is 2.39. The molecule has 2 atom stereocenters. The highest BCUT2D eigenvalue weighted by molar-refractivity contribution is 5.89. The molecule has 0 aromatic carbocycles. The molecule has 0 bridgehead atoms. The highest BCUT2D eigenvalue weighted by Gasteiger charge is 2.45. The molecule has 144 valence electrons. The lowest BCUT2D eigenvalue weighted by atomic mass is 9.87. The van der Waals surface area contributed by atoms with Crippen molar-refractivity contribution in [3.05, 3.63) is 23.4 Å². The first-order chi connectivity index (χ1) is 11.9. The van der Waals surface area contributed by atoms with Gasteiger partial charge in [-0.15, -0.1) is 0 Å². The fourth-order valence-corrected chi connectivity index (χ4v) is 2.58. The lowest BCUT2D eigenvalue weighted by molar-refractivity contribution is -0.0681. The number of carbonyl (C=O) groups is 2. The van der Waals surface area contributed by atoms with Crippen molar-refractivity contribution in [1.82, 2.24) is 10.3 Å². The molecule has 0 saturated heterocycles. The summed E-state index contributed by atoms with van der Waals surface area (Å²) in [6.07, 6.45) is -0.428. The van der Waals surface area contributed by atoms with E-state index in [4.69, 9.17) is 14.2 Å². The molecular weight excluding hydrogens is 340 g/mol. The smallest absolute Gasteiger partial charge is 0.408 e. The van der Waals surface area contributed by atoms with E-state index in [1.165, 1.54) is 12.3 Å². The van der Waals surface area contributed by atoms with E-state index in [1.807, 2.05) is 0 Å². The summed E-state index contributed by atoms with van der Waals surface area (Å²) in [4.78, 5) is 28.4. The molecule has 1 amide bonds. The molecule has 8 nitrogen and oxygen atoms in total. The normalized spacial score (nSPS) is 21.2. The van der Waals surface area contributed by atoms with Crippen molar-refractivity contribution >= 4 is 12.1 Å². The lowest BCUT2D eigenvalue weighted by Crippen LogP contribution is -2.54. The van der Waals surface area contributed by atoms with Crippen molar-refractivity contribution in [2.24, 2.45) is 0 Å². The van der Waals surface area contributed by atoms with Gasteiger partial charge in [-0.05, 0) is 47.6 Å². The van der Waals surface area contributed by atoms with E-state index in [0.717, 1.165) is 0 Å². The van der Waals surface area contributed by atoms with Crippen LogP contribution in [0.25, 0.3) is 0 Å². The largest absolute Gasteiger partial charge is 0.469 e. The van der Waals surface area contributed by atoms with Gasteiger partial charge in [0, 0.05) is 11.8 Å². The molecule has 2 unspecified atom stereocenters. The number of carbonyl (C=O) groups excluding carboxylic acids is 2. The number of rotatable bonds is 3. The first-order valence-corrected chi connectivity index (χ1v) is 8.48. The summed E-state index contributed by atoms with van der Waals surface area (Å²) in [6, 6.07) is 0.645. The number of hydrogen-bond acceptors (Lipinski definition) is 7. The van der Waals surface area contributed by atoms with Gasteiger partial charge < -0.3 is 24.6 Å². The fraction of sp³-hybridized carbons (Fsp3) is 0.611. The van der Waals surface area contributed by atoms with Crippen LogP contribution in [0.1, 0.15) is 63.5 Å². The molecule has 2 N–H and O–H groups in total. The molecule has 1 aromatic rings. The topological polar surface area (TPSA) is 107 Å². The van der Waals surface area contributed by atoms with Crippen LogP contribution in [0.2, 0.25) is 0 Å². The van der Waals surface area contributed by atoms with E-state index in [2.05, 4.69) is 10.3 Å². The quantitative estimate of drug-likeness (QED) is 0.791. The summed E-state index contributed by atoms with van der Waals surface area (Å²) in [7, 11) is 0. The first kappa shape index (κ1) is 20.0. The number of aliphatic hydroxyl groups excluding tert-OH is 1. The van der Waals surface area contributed by atoms with Crippen LogP contribution >= 0.6 is 0 Å². The number of amides is 1. The zero-order valence-corrected chi connectivity index (χ0v) is 16.0. The standard InChI is InChI=1S/C18H26N2O6/c1-7-24-15(22)10-8-11-12(20-16(23)26-17(2,3)4)13(21)18(5,6)25-14(11)19-9-10/h8-9,12-13,21H,7H2,1-6H3,(H,20,23). The minimum Gasteiger partial charge on any atom is -0.469 e. The van der Waals surface area contributed by atoms with E-state index in [1.54, 1.807) is 41.5 Å². The van der Waals surface area contributed by atoms with Gasteiger partial charge in [0.05, 0.1) is 18.2 Å². The molecule has 1 aromatic heterocycles. The second-order valence-corrected chi connectivity index (χ2v) is 7.61. The number of nitrogens with zero attached hydrogens (tertiary/aromatic N) is 1. The van der Waals surface area contributed by atoms with Gasteiger partial charge in [-0.3, -0.25) is 0 Å². The number of alkyl carbamates (subject to hydrolysis) is 1. The SMILES string of the molecule is CCOC(=O)c1cnc2c(c1)C(NC(=O)OC(C)(C)C)C(O)C(C)(C)O2. The molecule has 26 heavy (non-hydrogen) atoms. The number of nitrogens with one attached hydrogen (secondary N) is 1. The third-order valence-corrected chi connectivity index (χ3v) is 3.79. The van der Waals surface area contributed by atoms with Gasteiger partial charge in [0.1, 0.15) is 17.3 Å². The Morgan fingerprint density at radius 3 is 2.62 bits per heavy atom. The van der Waals surface area contributed by atoms with Crippen LogP contribution in [0.5, 0.6) is 5.88 Å². The minimum absolute atomic E-state index is 0.206. The van der Waals surface area contributed by atoms with Gasteiger partial charge in [-0.25, -0.2) is 14.6 Å². The Balaban J connectivity index is 2.38. The van der Waals surface area contributed by atoms with E-state index < -0.39 is 35.4 Å². The monoisotopic (exact) mass is 366 g/mol. The maximum atomic E-state index is 12.2. The third-order valence-electron chi connectivity index (χ3n) is 3.79.